The number of carbonyl (C=O) groups is 1. The molecule has 3 nitrogen and oxygen atoms in total. The SMILES string of the molecule is Cc1[nH]c(C(=O)c2cc(N)c(F)cc2F)c(C)c1C. The molecule has 2 aromatic rings. The number of nitrogens with two attached hydrogens (primary N) is 1. The number of carbonyl (C=O) groups excluding carboxylic acids is 1. The number of aryl methyl sites for hydroxylation is 1. The van der Waals surface area contributed by atoms with Crippen LogP contribution < -0.4 is 5.73 Å². The van der Waals surface area contributed by atoms with E-state index in [1.807, 2.05) is 13.8 Å². The third-order valence-corrected chi connectivity index (χ3v) is 3.37. The first-order valence-corrected chi connectivity index (χ1v) is 5.78. The zero-order valence-corrected chi connectivity index (χ0v) is 10.9. The van der Waals surface area contributed by atoms with Crippen LogP contribution in [0.2, 0.25) is 0 Å². The van der Waals surface area contributed by atoms with E-state index in [4.69, 9.17) is 5.73 Å². The van der Waals surface area contributed by atoms with Gasteiger partial charge in [0, 0.05) is 11.8 Å². The Labute approximate surface area is 109 Å². The Bertz CT molecular complexity index is 675. The molecule has 1 heterocycles. The summed E-state index contributed by atoms with van der Waals surface area (Å²) in [4.78, 5) is 15.2. The van der Waals surface area contributed by atoms with Crippen molar-refractivity contribution in [3.63, 3.8) is 0 Å². The number of anilines is 1. The normalized spacial score (nSPS) is 10.8. The number of hydrogen-bond donors (Lipinski definition) is 2. The lowest BCUT2D eigenvalue weighted by Gasteiger charge is -2.05. The number of H-pyrrole nitrogens is 1. The molecular weight excluding hydrogens is 250 g/mol. The molecule has 1 aromatic heterocycles. The lowest BCUT2D eigenvalue weighted by atomic mass is 10.0. The molecule has 0 saturated heterocycles. The second-order valence-corrected chi connectivity index (χ2v) is 4.56. The average molecular weight is 264 g/mol. The molecule has 0 unspecified atom stereocenters. The van der Waals surface area contributed by atoms with Gasteiger partial charge in [-0.3, -0.25) is 4.79 Å². The van der Waals surface area contributed by atoms with Crippen molar-refractivity contribution < 1.29 is 13.6 Å². The van der Waals surface area contributed by atoms with Crippen LogP contribution in [0.5, 0.6) is 0 Å². The van der Waals surface area contributed by atoms with Crippen LogP contribution in [0.3, 0.4) is 0 Å². The first kappa shape index (κ1) is 13.3. The molecule has 1 aromatic carbocycles. The minimum atomic E-state index is -0.916. The summed E-state index contributed by atoms with van der Waals surface area (Å²) in [6, 6.07) is 1.65. The highest BCUT2D eigenvalue weighted by Gasteiger charge is 2.21. The van der Waals surface area contributed by atoms with E-state index in [0.717, 1.165) is 22.9 Å². The number of rotatable bonds is 2. The van der Waals surface area contributed by atoms with Gasteiger partial charge in [-0.2, -0.15) is 0 Å². The van der Waals surface area contributed by atoms with E-state index < -0.39 is 17.4 Å². The maximum atomic E-state index is 13.7. The van der Waals surface area contributed by atoms with Crippen molar-refractivity contribution in [1.82, 2.24) is 4.98 Å². The van der Waals surface area contributed by atoms with E-state index in [1.54, 1.807) is 6.92 Å². The zero-order chi connectivity index (χ0) is 14.3. The van der Waals surface area contributed by atoms with Gasteiger partial charge in [-0.15, -0.1) is 0 Å². The van der Waals surface area contributed by atoms with Gasteiger partial charge in [-0.05, 0) is 38.0 Å². The lowest BCUT2D eigenvalue weighted by Crippen LogP contribution is -2.08. The van der Waals surface area contributed by atoms with Crippen LogP contribution in [0.4, 0.5) is 14.5 Å². The smallest absolute Gasteiger partial charge is 0.212 e. The monoisotopic (exact) mass is 264 g/mol. The number of ketones is 1. The van der Waals surface area contributed by atoms with E-state index in [9.17, 15) is 13.6 Å². The lowest BCUT2D eigenvalue weighted by molar-refractivity contribution is 0.103. The Hall–Kier alpha value is -2.17. The van der Waals surface area contributed by atoms with Crippen LogP contribution in [0.15, 0.2) is 12.1 Å². The number of hydrogen-bond acceptors (Lipinski definition) is 2. The van der Waals surface area contributed by atoms with E-state index >= 15 is 0 Å². The number of nitrogen functional groups attached to an aromatic ring is 1. The third kappa shape index (κ3) is 2.12. The van der Waals surface area contributed by atoms with Gasteiger partial charge in [0.05, 0.1) is 16.9 Å². The molecule has 0 aliphatic rings. The molecule has 0 atom stereocenters. The Morgan fingerprint density at radius 3 is 2.26 bits per heavy atom. The maximum absolute atomic E-state index is 13.7. The topological polar surface area (TPSA) is 58.9 Å². The van der Waals surface area contributed by atoms with Crippen LogP contribution >= 0.6 is 0 Å². The van der Waals surface area contributed by atoms with Crippen molar-refractivity contribution in [2.75, 3.05) is 5.73 Å². The van der Waals surface area contributed by atoms with Crippen molar-refractivity contribution in [3.05, 3.63) is 51.8 Å². The number of aromatic amines is 1. The first-order valence-electron chi connectivity index (χ1n) is 5.78. The number of aromatic nitrogens is 1. The fraction of sp³-hybridized carbons (Fsp3) is 0.214. The molecule has 2 rings (SSSR count). The summed E-state index contributed by atoms with van der Waals surface area (Å²) in [6.45, 7) is 5.47. The summed E-state index contributed by atoms with van der Waals surface area (Å²) >= 11 is 0. The van der Waals surface area contributed by atoms with Gasteiger partial charge in [-0.25, -0.2) is 8.78 Å². The van der Waals surface area contributed by atoms with Crippen molar-refractivity contribution in [1.29, 1.82) is 0 Å². The quantitative estimate of drug-likeness (QED) is 0.647. The van der Waals surface area contributed by atoms with Gasteiger partial charge in [0.1, 0.15) is 11.6 Å². The van der Waals surface area contributed by atoms with Crippen LogP contribution in [-0.4, -0.2) is 10.8 Å². The summed E-state index contributed by atoms with van der Waals surface area (Å²) in [5.41, 5.74) is 7.74. The van der Waals surface area contributed by atoms with E-state index in [1.165, 1.54) is 0 Å². The van der Waals surface area contributed by atoms with Crippen molar-refractivity contribution >= 4 is 11.5 Å². The highest BCUT2D eigenvalue weighted by molar-refractivity contribution is 6.09. The Morgan fingerprint density at radius 1 is 1.11 bits per heavy atom. The fourth-order valence-electron chi connectivity index (χ4n) is 1.95. The summed E-state index contributed by atoms with van der Waals surface area (Å²) in [7, 11) is 0. The molecule has 0 amide bonds. The molecule has 0 spiro atoms. The highest BCUT2D eigenvalue weighted by Crippen LogP contribution is 2.23. The van der Waals surface area contributed by atoms with Crippen molar-refractivity contribution in [2.45, 2.75) is 20.8 Å². The van der Waals surface area contributed by atoms with Crippen LogP contribution in [0.25, 0.3) is 0 Å². The minimum Gasteiger partial charge on any atom is -0.396 e. The highest BCUT2D eigenvalue weighted by atomic mass is 19.1. The molecule has 3 N–H and O–H groups in total. The fourth-order valence-corrected chi connectivity index (χ4v) is 1.95. The van der Waals surface area contributed by atoms with E-state index in [-0.39, 0.29) is 11.3 Å². The standard InChI is InChI=1S/C14H14F2N2O/c1-6-7(2)13(18-8(6)3)14(19)9-4-12(17)11(16)5-10(9)15/h4-5,18H,17H2,1-3H3. The number of halogens is 2. The third-order valence-electron chi connectivity index (χ3n) is 3.37. The van der Waals surface area contributed by atoms with Crippen LogP contribution in [0, 0.1) is 32.4 Å². The molecule has 5 heteroatoms. The van der Waals surface area contributed by atoms with E-state index in [2.05, 4.69) is 4.98 Å². The first-order chi connectivity index (χ1) is 8.82. The molecular formula is C14H14F2N2O. The molecule has 0 saturated carbocycles. The van der Waals surface area contributed by atoms with Gasteiger partial charge in [0.25, 0.3) is 0 Å². The van der Waals surface area contributed by atoms with Gasteiger partial charge >= 0.3 is 0 Å². The molecule has 19 heavy (non-hydrogen) atoms. The summed E-state index contributed by atoms with van der Waals surface area (Å²) in [5, 5.41) is 0. The molecule has 0 aliphatic heterocycles. The summed E-state index contributed by atoms with van der Waals surface area (Å²) in [6.07, 6.45) is 0. The van der Waals surface area contributed by atoms with E-state index in [0.29, 0.717) is 11.8 Å². The molecule has 0 aliphatic carbocycles. The van der Waals surface area contributed by atoms with Crippen molar-refractivity contribution in [2.24, 2.45) is 0 Å². The number of benzene rings is 1. The molecule has 0 fully saturated rings. The van der Waals surface area contributed by atoms with Gasteiger partial charge in [-0.1, -0.05) is 0 Å². The Kier molecular flexibility index (Phi) is 3.14. The molecule has 0 bridgehead atoms. The summed E-state index contributed by atoms with van der Waals surface area (Å²) in [5.74, 6) is -2.32. The average Bonchev–Trinajstić information content (AvgIpc) is 2.61. The van der Waals surface area contributed by atoms with Gasteiger partial charge in [0.15, 0.2) is 0 Å². The Balaban J connectivity index is 2.56. The zero-order valence-electron chi connectivity index (χ0n) is 10.9. The molecule has 100 valence electrons. The Morgan fingerprint density at radius 2 is 1.74 bits per heavy atom. The van der Waals surface area contributed by atoms with Gasteiger partial charge < -0.3 is 10.7 Å². The minimum absolute atomic E-state index is 0.233. The second kappa shape index (κ2) is 4.50. The van der Waals surface area contributed by atoms with Gasteiger partial charge in [0.2, 0.25) is 5.78 Å². The van der Waals surface area contributed by atoms with Crippen LogP contribution in [0.1, 0.15) is 32.9 Å². The predicted molar refractivity (Wildman–Crippen MR) is 69.2 cm³/mol. The number of nitrogens with one attached hydrogen (secondary N) is 1. The predicted octanol–water partition coefficient (Wildman–Crippen LogP) is 3.03. The second-order valence-electron chi connectivity index (χ2n) is 4.56. The van der Waals surface area contributed by atoms with Crippen molar-refractivity contribution in [3.8, 4) is 0 Å². The summed E-state index contributed by atoms with van der Waals surface area (Å²) < 4.78 is 26.8. The molecule has 0 radical (unpaired) electrons. The van der Waals surface area contributed by atoms with Crippen LogP contribution in [-0.2, 0) is 0 Å². The maximum Gasteiger partial charge on any atom is 0.212 e. The largest absolute Gasteiger partial charge is 0.396 e.